The number of carbonyl (C=O) groups excluding carboxylic acids is 1. The zero-order valence-corrected chi connectivity index (χ0v) is 25.0. The molecule has 1 N–H and O–H groups in total. The van der Waals surface area contributed by atoms with Crippen molar-refractivity contribution in [3.8, 4) is 11.3 Å². The van der Waals surface area contributed by atoms with Crippen LogP contribution in [0.25, 0.3) is 11.3 Å². The Hall–Kier alpha value is -3.21. The number of rotatable bonds is 7. The van der Waals surface area contributed by atoms with Gasteiger partial charge in [0.15, 0.2) is 0 Å². The number of aromatic nitrogens is 2. The van der Waals surface area contributed by atoms with E-state index < -0.39 is 10.0 Å². The molecule has 1 saturated carbocycles. The number of sulfonamides is 1. The minimum atomic E-state index is -3.72. The molecule has 1 unspecified atom stereocenters. The van der Waals surface area contributed by atoms with Gasteiger partial charge in [0.1, 0.15) is 5.69 Å². The van der Waals surface area contributed by atoms with Gasteiger partial charge in [-0.2, -0.15) is 4.31 Å². The lowest BCUT2D eigenvalue weighted by atomic mass is 9.89. The van der Waals surface area contributed by atoms with Crippen LogP contribution >= 0.6 is 0 Å². The molecule has 0 bridgehead atoms. The molecule has 0 spiro atoms. The van der Waals surface area contributed by atoms with Crippen LogP contribution in [0.5, 0.6) is 0 Å². The summed E-state index contributed by atoms with van der Waals surface area (Å²) in [4.78, 5) is 31.0. The predicted octanol–water partition coefficient (Wildman–Crippen LogP) is 3.97. The molecule has 2 aliphatic heterocycles. The van der Waals surface area contributed by atoms with Gasteiger partial charge in [-0.1, -0.05) is 67.8 Å². The Bertz CT molecular complexity index is 1540. The molecule has 3 heterocycles. The number of nitrogens with one attached hydrogen (secondary N) is 1. The fourth-order valence-corrected chi connectivity index (χ4v) is 8.43. The Morgan fingerprint density at radius 2 is 1.50 bits per heavy atom. The van der Waals surface area contributed by atoms with Gasteiger partial charge in [0.2, 0.25) is 10.0 Å². The first-order valence-electron chi connectivity index (χ1n) is 15.4. The molecule has 2 aromatic carbocycles. The zero-order chi connectivity index (χ0) is 29.1. The highest BCUT2D eigenvalue weighted by Crippen LogP contribution is 2.34. The van der Waals surface area contributed by atoms with Crippen LogP contribution < -0.4 is 11.0 Å². The molecule has 10 heteroatoms. The van der Waals surface area contributed by atoms with Crippen molar-refractivity contribution < 1.29 is 13.2 Å². The van der Waals surface area contributed by atoms with E-state index in [4.69, 9.17) is 0 Å². The zero-order valence-electron chi connectivity index (χ0n) is 24.2. The van der Waals surface area contributed by atoms with E-state index in [1.807, 2.05) is 35.2 Å². The molecule has 3 fully saturated rings. The smallest absolute Gasteiger partial charge is 0.329 e. The molecule has 1 aliphatic carbocycles. The van der Waals surface area contributed by atoms with Crippen LogP contribution in [0.1, 0.15) is 61.5 Å². The van der Waals surface area contributed by atoms with Crippen LogP contribution in [-0.4, -0.2) is 71.9 Å². The number of benzene rings is 2. The Balaban J connectivity index is 1.47. The van der Waals surface area contributed by atoms with Crippen LogP contribution in [0.3, 0.4) is 0 Å². The summed E-state index contributed by atoms with van der Waals surface area (Å²) in [6.07, 6.45) is 6.88. The van der Waals surface area contributed by atoms with Gasteiger partial charge in [-0.3, -0.25) is 13.9 Å². The molecular formula is C32H41N5O4S. The van der Waals surface area contributed by atoms with E-state index in [0.717, 1.165) is 44.3 Å². The Labute approximate surface area is 248 Å². The normalized spacial score (nSPS) is 21.0. The lowest BCUT2D eigenvalue weighted by Gasteiger charge is -2.33. The first-order chi connectivity index (χ1) is 20.4. The van der Waals surface area contributed by atoms with E-state index in [1.54, 1.807) is 39.5 Å². The molecule has 1 atom stereocenters. The Morgan fingerprint density at radius 3 is 2.19 bits per heavy atom. The highest BCUT2D eigenvalue weighted by Gasteiger charge is 2.37. The summed E-state index contributed by atoms with van der Waals surface area (Å²) >= 11 is 0. The maximum atomic E-state index is 14.5. The summed E-state index contributed by atoms with van der Waals surface area (Å²) in [7, 11) is -3.72. The predicted molar refractivity (Wildman–Crippen MR) is 163 cm³/mol. The summed E-state index contributed by atoms with van der Waals surface area (Å²) in [5.41, 5.74) is 1.66. The monoisotopic (exact) mass is 591 g/mol. The number of nitrogens with zero attached hydrogens (tertiary/aromatic N) is 4. The first kappa shape index (κ1) is 28.9. The summed E-state index contributed by atoms with van der Waals surface area (Å²) < 4.78 is 32.3. The molecule has 1 amide bonds. The third-order valence-electron chi connectivity index (χ3n) is 9.10. The average Bonchev–Trinajstić information content (AvgIpc) is 3.33. The van der Waals surface area contributed by atoms with Gasteiger partial charge in [0.05, 0.1) is 16.6 Å². The first-order valence-corrected chi connectivity index (χ1v) is 16.8. The van der Waals surface area contributed by atoms with Crippen molar-refractivity contribution in [3.63, 3.8) is 0 Å². The van der Waals surface area contributed by atoms with E-state index in [2.05, 4.69) is 5.32 Å². The standard InChI is InChI=1S/C32H41N5O4S/c38-31(34-21-18-33-19-22-34)30-29(26-13-6-2-7-14-26)37(32(39)36(30)23-25-11-4-1-5-12-25)27-15-10-20-35(24-27)42(40,41)28-16-8-3-9-17-28/h2-3,6-9,13-14,16-17,25,27,33H,1,4-5,10-12,15,18-24H2. The van der Waals surface area contributed by atoms with Crippen LogP contribution in [0.2, 0.25) is 0 Å². The Morgan fingerprint density at radius 1 is 0.833 bits per heavy atom. The van der Waals surface area contributed by atoms with Crippen molar-refractivity contribution in [1.29, 1.82) is 0 Å². The maximum absolute atomic E-state index is 14.5. The van der Waals surface area contributed by atoms with Crippen LogP contribution in [-0.2, 0) is 16.6 Å². The van der Waals surface area contributed by atoms with E-state index in [-0.39, 0.29) is 29.1 Å². The highest BCUT2D eigenvalue weighted by molar-refractivity contribution is 7.89. The minimum Gasteiger partial charge on any atom is -0.335 e. The molecular weight excluding hydrogens is 550 g/mol. The molecule has 2 saturated heterocycles. The topological polar surface area (TPSA) is 96.6 Å². The van der Waals surface area contributed by atoms with Gasteiger partial charge < -0.3 is 10.2 Å². The van der Waals surface area contributed by atoms with E-state index in [9.17, 15) is 18.0 Å². The lowest BCUT2D eigenvalue weighted by molar-refractivity contribution is 0.0723. The third kappa shape index (κ3) is 5.72. The largest absolute Gasteiger partial charge is 0.335 e. The van der Waals surface area contributed by atoms with Crippen molar-refractivity contribution in [2.75, 3.05) is 39.3 Å². The van der Waals surface area contributed by atoms with Crippen molar-refractivity contribution in [2.45, 2.75) is 62.4 Å². The van der Waals surface area contributed by atoms with Crippen LogP contribution in [0, 0.1) is 5.92 Å². The van der Waals surface area contributed by atoms with Gasteiger partial charge in [0, 0.05) is 51.4 Å². The second-order valence-corrected chi connectivity index (χ2v) is 13.8. The number of piperidine rings is 1. The number of carbonyl (C=O) groups is 1. The minimum absolute atomic E-state index is 0.119. The Kier molecular flexibility index (Phi) is 8.65. The fourth-order valence-electron chi connectivity index (χ4n) is 6.90. The summed E-state index contributed by atoms with van der Waals surface area (Å²) in [5, 5.41) is 3.32. The molecule has 3 aliphatic rings. The number of piperazine rings is 1. The fraction of sp³-hybridized carbons (Fsp3) is 0.500. The van der Waals surface area contributed by atoms with Crippen molar-refractivity contribution in [3.05, 3.63) is 76.8 Å². The SMILES string of the molecule is O=C(c1c(-c2ccccc2)n(C2CCCN(S(=O)(=O)c3ccccc3)C2)c(=O)n1CC1CCCCC1)N1CCNCC1. The van der Waals surface area contributed by atoms with Gasteiger partial charge in [-0.05, 0) is 43.7 Å². The van der Waals surface area contributed by atoms with Gasteiger partial charge >= 0.3 is 5.69 Å². The van der Waals surface area contributed by atoms with E-state index in [0.29, 0.717) is 56.3 Å². The highest BCUT2D eigenvalue weighted by atomic mass is 32.2. The van der Waals surface area contributed by atoms with Crippen molar-refractivity contribution in [1.82, 2.24) is 23.7 Å². The van der Waals surface area contributed by atoms with Crippen molar-refractivity contribution >= 4 is 15.9 Å². The second-order valence-electron chi connectivity index (χ2n) is 11.8. The number of hydrogen-bond acceptors (Lipinski definition) is 5. The summed E-state index contributed by atoms with van der Waals surface area (Å²) in [5.74, 6) is 0.221. The molecule has 42 heavy (non-hydrogen) atoms. The molecule has 6 rings (SSSR count). The molecule has 9 nitrogen and oxygen atoms in total. The quantitative estimate of drug-likeness (QED) is 0.449. The number of amides is 1. The van der Waals surface area contributed by atoms with Gasteiger partial charge in [0.25, 0.3) is 5.91 Å². The molecule has 1 aromatic heterocycles. The van der Waals surface area contributed by atoms with Crippen LogP contribution in [0.15, 0.2) is 70.4 Å². The van der Waals surface area contributed by atoms with Crippen molar-refractivity contribution in [2.24, 2.45) is 5.92 Å². The summed E-state index contributed by atoms with van der Waals surface area (Å²) in [6.45, 7) is 3.70. The maximum Gasteiger partial charge on any atom is 0.329 e. The number of hydrogen-bond donors (Lipinski definition) is 1. The van der Waals surface area contributed by atoms with Gasteiger partial charge in [-0.15, -0.1) is 0 Å². The molecule has 0 radical (unpaired) electrons. The average molecular weight is 592 g/mol. The molecule has 224 valence electrons. The third-order valence-corrected chi connectivity index (χ3v) is 11.0. The second kappa shape index (κ2) is 12.6. The number of imidazole rings is 1. The van der Waals surface area contributed by atoms with E-state index >= 15 is 0 Å². The van der Waals surface area contributed by atoms with Gasteiger partial charge in [-0.25, -0.2) is 13.2 Å². The van der Waals surface area contributed by atoms with E-state index in [1.165, 1.54) is 10.7 Å². The lowest BCUT2D eigenvalue weighted by Crippen LogP contribution is -2.47. The summed E-state index contributed by atoms with van der Waals surface area (Å²) in [6, 6.07) is 17.8. The van der Waals surface area contributed by atoms with Crippen LogP contribution in [0.4, 0.5) is 0 Å². The molecule has 3 aromatic rings.